The lowest BCUT2D eigenvalue weighted by Gasteiger charge is -2.22. The van der Waals surface area contributed by atoms with Crippen molar-refractivity contribution in [3.05, 3.63) is 45.9 Å². The second-order valence-electron chi connectivity index (χ2n) is 5.91. The highest BCUT2D eigenvalue weighted by molar-refractivity contribution is 14.1. The quantitative estimate of drug-likeness (QED) is 0.633. The number of imidazole rings is 1. The summed E-state index contributed by atoms with van der Waals surface area (Å²) in [7, 11) is -1.89. The van der Waals surface area contributed by atoms with Gasteiger partial charge in [-0.2, -0.15) is 4.31 Å². The Hall–Kier alpha value is -1.46. The van der Waals surface area contributed by atoms with Gasteiger partial charge in [-0.15, -0.1) is 0 Å². The molecule has 2 heterocycles. The number of aryl methyl sites for hydroxylation is 1. The Morgan fingerprint density at radius 1 is 1.16 bits per heavy atom. The lowest BCUT2D eigenvalue weighted by atomic mass is 10.2. The van der Waals surface area contributed by atoms with Gasteiger partial charge in [0.25, 0.3) is 15.9 Å². The van der Waals surface area contributed by atoms with E-state index in [4.69, 9.17) is 0 Å². The number of benzene rings is 1. The molecule has 0 N–H and O–H groups in total. The van der Waals surface area contributed by atoms with Gasteiger partial charge in [0.2, 0.25) is 0 Å². The first kappa shape index (κ1) is 18.3. The molecule has 0 spiro atoms. The van der Waals surface area contributed by atoms with Crippen molar-refractivity contribution in [1.29, 1.82) is 0 Å². The third kappa shape index (κ3) is 3.87. The van der Waals surface area contributed by atoms with Crippen LogP contribution in [0.4, 0.5) is 0 Å². The fourth-order valence-corrected chi connectivity index (χ4v) is 4.85. The minimum absolute atomic E-state index is 0.0485. The summed E-state index contributed by atoms with van der Waals surface area (Å²) >= 11 is 2.14. The molecular formula is C16H19IN4O3S. The number of rotatable bonds is 3. The molecule has 1 fully saturated rings. The van der Waals surface area contributed by atoms with Gasteiger partial charge >= 0.3 is 0 Å². The molecule has 0 radical (unpaired) electrons. The number of halogens is 1. The van der Waals surface area contributed by atoms with Crippen molar-refractivity contribution in [2.45, 2.75) is 11.4 Å². The molecule has 0 aliphatic carbocycles. The fraction of sp³-hybridized carbons (Fsp3) is 0.375. The molecule has 1 saturated heterocycles. The summed E-state index contributed by atoms with van der Waals surface area (Å²) < 4.78 is 29.3. The molecule has 1 aromatic carbocycles. The normalized spacial score (nSPS) is 16.6. The summed E-state index contributed by atoms with van der Waals surface area (Å²) in [6.45, 7) is 1.57. The molecule has 9 heteroatoms. The van der Waals surface area contributed by atoms with E-state index < -0.39 is 10.0 Å². The summed E-state index contributed by atoms with van der Waals surface area (Å²) in [6, 6.07) is 7.42. The largest absolute Gasteiger partial charge is 0.339 e. The van der Waals surface area contributed by atoms with Gasteiger partial charge in [0.15, 0.2) is 5.03 Å². The van der Waals surface area contributed by atoms with Gasteiger partial charge in [0.05, 0.1) is 11.9 Å². The summed E-state index contributed by atoms with van der Waals surface area (Å²) in [5.41, 5.74) is 0.657. The SMILES string of the molecule is Cn1cnc(S(=O)(=O)N2CCCN(C(=O)c3ccccc3I)CC2)c1. The van der Waals surface area contributed by atoms with Gasteiger partial charge in [-0.25, -0.2) is 13.4 Å². The standard InChI is InChI=1S/C16H19IN4O3S/c1-19-11-15(18-12-19)25(23,24)21-8-4-7-20(9-10-21)16(22)13-5-2-3-6-14(13)17/h2-3,5-6,11-12H,4,7-10H2,1H3. The van der Waals surface area contributed by atoms with E-state index in [0.29, 0.717) is 31.6 Å². The van der Waals surface area contributed by atoms with Crippen LogP contribution < -0.4 is 0 Å². The predicted molar refractivity (Wildman–Crippen MR) is 102 cm³/mol. The van der Waals surface area contributed by atoms with E-state index >= 15 is 0 Å². The Bertz CT molecular complexity index is 881. The van der Waals surface area contributed by atoms with E-state index in [9.17, 15) is 13.2 Å². The Balaban J connectivity index is 1.74. The monoisotopic (exact) mass is 474 g/mol. The van der Waals surface area contributed by atoms with Gasteiger partial charge in [-0.1, -0.05) is 12.1 Å². The molecule has 1 amide bonds. The molecule has 2 aromatic rings. The van der Waals surface area contributed by atoms with Crippen LogP contribution in [0.3, 0.4) is 0 Å². The van der Waals surface area contributed by atoms with Crippen LogP contribution in [0.1, 0.15) is 16.8 Å². The van der Waals surface area contributed by atoms with Crippen molar-refractivity contribution in [2.24, 2.45) is 7.05 Å². The van der Waals surface area contributed by atoms with Crippen molar-refractivity contribution in [2.75, 3.05) is 26.2 Å². The number of sulfonamides is 1. The zero-order valence-electron chi connectivity index (χ0n) is 13.8. The first-order valence-electron chi connectivity index (χ1n) is 7.91. The van der Waals surface area contributed by atoms with Crippen molar-refractivity contribution in [3.8, 4) is 0 Å². The Morgan fingerprint density at radius 3 is 2.60 bits per heavy atom. The van der Waals surface area contributed by atoms with Crippen molar-refractivity contribution < 1.29 is 13.2 Å². The molecule has 1 aliphatic rings. The first-order chi connectivity index (χ1) is 11.9. The van der Waals surface area contributed by atoms with Crippen LogP contribution in [-0.2, 0) is 17.1 Å². The molecule has 25 heavy (non-hydrogen) atoms. The van der Waals surface area contributed by atoms with Crippen LogP contribution in [-0.4, -0.2) is 59.3 Å². The Labute approximate surface area is 160 Å². The molecular weight excluding hydrogens is 455 g/mol. The number of nitrogens with zero attached hydrogens (tertiary/aromatic N) is 4. The lowest BCUT2D eigenvalue weighted by Crippen LogP contribution is -2.37. The molecule has 0 unspecified atom stereocenters. The number of hydrogen-bond donors (Lipinski definition) is 0. The summed E-state index contributed by atoms with van der Waals surface area (Å²) in [5, 5.41) is 0.0485. The smallest absolute Gasteiger partial charge is 0.262 e. The summed E-state index contributed by atoms with van der Waals surface area (Å²) in [6.07, 6.45) is 3.56. The van der Waals surface area contributed by atoms with Crippen LogP contribution in [0.25, 0.3) is 0 Å². The van der Waals surface area contributed by atoms with Crippen LogP contribution in [0, 0.1) is 3.57 Å². The Morgan fingerprint density at radius 2 is 1.92 bits per heavy atom. The van der Waals surface area contributed by atoms with E-state index in [1.165, 1.54) is 16.8 Å². The topological polar surface area (TPSA) is 75.5 Å². The molecule has 0 atom stereocenters. The third-order valence-electron chi connectivity index (χ3n) is 4.13. The molecule has 1 aliphatic heterocycles. The van der Waals surface area contributed by atoms with Crippen LogP contribution in [0.2, 0.25) is 0 Å². The van der Waals surface area contributed by atoms with Gasteiger partial charge in [0, 0.05) is 43.0 Å². The number of carbonyl (C=O) groups is 1. The number of carbonyl (C=O) groups excluding carboxylic acids is 1. The van der Waals surface area contributed by atoms with Crippen molar-refractivity contribution >= 4 is 38.5 Å². The van der Waals surface area contributed by atoms with E-state index in [1.54, 1.807) is 22.6 Å². The molecule has 3 rings (SSSR count). The zero-order valence-corrected chi connectivity index (χ0v) is 16.8. The van der Waals surface area contributed by atoms with E-state index in [-0.39, 0.29) is 17.5 Å². The maximum Gasteiger partial charge on any atom is 0.262 e. The van der Waals surface area contributed by atoms with Crippen molar-refractivity contribution in [3.63, 3.8) is 0 Å². The highest BCUT2D eigenvalue weighted by atomic mass is 127. The van der Waals surface area contributed by atoms with Gasteiger partial charge in [-0.05, 0) is 41.1 Å². The van der Waals surface area contributed by atoms with Crippen LogP contribution in [0.5, 0.6) is 0 Å². The highest BCUT2D eigenvalue weighted by Crippen LogP contribution is 2.18. The molecule has 7 nitrogen and oxygen atoms in total. The highest BCUT2D eigenvalue weighted by Gasteiger charge is 2.30. The number of hydrogen-bond acceptors (Lipinski definition) is 4. The number of amides is 1. The predicted octanol–water partition coefficient (Wildman–Crippen LogP) is 1.56. The van der Waals surface area contributed by atoms with E-state index in [0.717, 1.165) is 3.57 Å². The average molecular weight is 474 g/mol. The molecule has 1 aromatic heterocycles. The van der Waals surface area contributed by atoms with E-state index in [2.05, 4.69) is 27.6 Å². The summed E-state index contributed by atoms with van der Waals surface area (Å²) in [5.74, 6) is -0.0536. The van der Waals surface area contributed by atoms with Gasteiger partial charge in [0.1, 0.15) is 0 Å². The fourth-order valence-electron chi connectivity index (χ4n) is 2.80. The van der Waals surface area contributed by atoms with Crippen LogP contribution in [0.15, 0.2) is 41.8 Å². The minimum Gasteiger partial charge on any atom is -0.339 e. The van der Waals surface area contributed by atoms with Crippen LogP contribution >= 0.6 is 22.6 Å². The van der Waals surface area contributed by atoms with Gasteiger partial charge in [-0.3, -0.25) is 4.79 Å². The second-order valence-corrected chi connectivity index (χ2v) is 8.95. The van der Waals surface area contributed by atoms with Gasteiger partial charge < -0.3 is 9.47 Å². The van der Waals surface area contributed by atoms with Crippen molar-refractivity contribution in [1.82, 2.24) is 18.8 Å². The first-order valence-corrected chi connectivity index (χ1v) is 10.4. The molecule has 0 saturated carbocycles. The summed E-state index contributed by atoms with van der Waals surface area (Å²) in [4.78, 5) is 18.4. The molecule has 134 valence electrons. The lowest BCUT2D eigenvalue weighted by molar-refractivity contribution is 0.0763. The molecule has 0 bridgehead atoms. The third-order valence-corrected chi connectivity index (χ3v) is 6.86. The van der Waals surface area contributed by atoms with E-state index in [1.807, 2.05) is 18.2 Å². The Kier molecular flexibility index (Phi) is 5.44. The maximum atomic E-state index is 12.7. The zero-order chi connectivity index (χ0) is 18.0. The number of aromatic nitrogens is 2. The minimum atomic E-state index is -3.62. The maximum absolute atomic E-state index is 12.7. The average Bonchev–Trinajstić information content (AvgIpc) is 2.88. The second kappa shape index (κ2) is 7.42.